The minimum atomic E-state index is -1.09. The highest BCUT2D eigenvalue weighted by atomic mass is 28.3. The Bertz CT molecular complexity index is 246. The summed E-state index contributed by atoms with van der Waals surface area (Å²) in [4.78, 5) is 11.1. The van der Waals surface area contributed by atoms with Gasteiger partial charge in [0.2, 0.25) is 0 Å². The summed E-state index contributed by atoms with van der Waals surface area (Å²) < 4.78 is 5.52. The molecule has 0 aromatic heterocycles. The standard InChI is InChI=1S/C13H26O3Si/c1-6-7-11(2)12(13(14)15)10-16-8-9-17(3,4)5/h6,11-12H,1,7-10H2,2-5H3,(H,14,15). The van der Waals surface area contributed by atoms with Crippen LogP contribution in [0.2, 0.25) is 25.7 Å². The summed E-state index contributed by atoms with van der Waals surface area (Å²) >= 11 is 0. The van der Waals surface area contributed by atoms with Crippen LogP contribution in [0.1, 0.15) is 13.3 Å². The van der Waals surface area contributed by atoms with Crippen molar-refractivity contribution in [1.29, 1.82) is 0 Å². The van der Waals surface area contributed by atoms with Crippen molar-refractivity contribution in [1.82, 2.24) is 0 Å². The zero-order valence-corrected chi connectivity index (χ0v) is 12.5. The highest BCUT2D eigenvalue weighted by Crippen LogP contribution is 2.17. The Labute approximate surface area is 106 Å². The van der Waals surface area contributed by atoms with Crippen LogP contribution in [0.5, 0.6) is 0 Å². The van der Waals surface area contributed by atoms with Gasteiger partial charge in [-0.3, -0.25) is 4.79 Å². The molecule has 0 spiro atoms. The van der Waals surface area contributed by atoms with Crippen LogP contribution in [0, 0.1) is 11.8 Å². The third kappa shape index (κ3) is 8.16. The minimum Gasteiger partial charge on any atom is -0.481 e. The quantitative estimate of drug-likeness (QED) is 0.392. The van der Waals surface area contributed by atoms with Gasteiger partial charge in [-0.2, -0.15) is 0 Å². The van der Waals surface area contributed by atoms with Gasteiger partial charge in [0, 0.05) is 14.7 Å². The lowest BCUT2D eigenvalue weighted by Gasteiger charge is -2.20. The van der Waals surface area contributed by atoms with E-state index in [9.17, 15) is 4.79 Å². The fourth-order valence-corrected chi connectivity index (χ4v) is 2.25. The summed E-state index contributed by atoms with van der Waals surface area (Å²) in [6.07, 6.45) is 2.48. The fraction of sp³-hybridized carbons (Fsp3) is 0.769. The first-order valence-corrected chi connectivity index (χ1v) is 9.90. The molecule has 2 atom stereocenters. The molecular formula is C13H26O3Si. The van der Waals surface area contributed by atoms with Gasteiger partial charge >= 0.3 is 5.97 Å². The molecule has 3 nitrogen and oxygen atoms in total. The summed E-state index contributed by atoms with van der Waals surface area (Å²) in [6.45, 7) is 13.4. The van der Waals surface area contributed by atoms with Crippen LogP contribution in [0.15, 0.2) is 12.7 Å². The van der Waals surface area contributed by atoms with E-state index in [1.165, 1.54) is 0 Å². The average molecular weight is 258 g/mol. The van der Waals surface area contributed by atoms with Crippen molar-refractivity contribution in [3.8, 4) is 0 Å². The van der Waals surface area contributed by atoms with Gasteiger partial charge in [-0.25, -0.2) is 0 Å². The van der Waals surface area contributed by atoms with Crippen LogP contribution in [-0.2, 0) is 9.53 Å². The van der Waals surface area contributed by atoms with Gasteiger partial charge in [0.05, 0.1) is 12.5 Å². The van der Waals surface area contributed by atoms with E-state index in [1.807, 2.05) is 6.92 Å². The minimum absolute atomic E-state index is 0.0804. The number of carbonyl (C=O) groups is 1. The summed E-state index contributed by atoms with van der Waals surface area (Å²) in [5, 5.41) is 9.12. The van der Waals surface area contributed by atoms with Crippen LogP contribution in [-0.4, -0.2) is 32.4 Å². The fourth-order valence-electron chi connectivity index (χ4n) is 1.49. The van der Waals surface area contributed by atoms with E-state index in [1.54, 1.807) is 6.08 Å². The van der Waals surface area contributed by atoms with Crippen molar-refractivity contribution in [2.24, 2.45) is 11.8 Å². The molecule has 0 rings (SSSR count). The molecule has 2 unspecified atom stereocenters. The maximum absolute atomic E-state index is 11.1. The van der Waals surface area contributed by atoms with Gasteiger partial charge in [-0.05, 0) is 18.4 Å². The van der Waals surface area contributed by atoms with Gasteiger partial charge in [-0.1, -0.05) is 32.6 Å². The molecular weight excluding hydrogens is 232 g/mol. The lowest BCUT2D eigenvalue weighted by Crippen LogP contribution is -2.28. The van der Waals surface area contributed by atoms with Crippen molar-refractivity contribution in [2.75, 3.05) is 13.2 Å². The molecule has 0 heterocycles. The van der Waals surface area contributed by atoms with Gasteiger partial charge in [-0.15, -0.1) is 6.58 Å². The van der Waals surface area contributed by atoms with Gasteiger partial charge in [0.15, 0.2) is 0 Å². The lowest BCUT2D eigenvalue weighted by molar-refractivity contribution is -0.145. The summed E-state index contributed by atoms with van der Waals surface area (Å²) in [6, 6.07) is 1.08. The smallest absolute Gasteiger partial charge is 0.309 e. The maximum Gasteiger partial charge on any atom is 0.309 e. The third-order valence-electron chi connectivity index (χ3n) is 2.84. The Hall–Kier alpha value is -0.613. The molecule has 4 heteroatoms. The maximum atomic E-state index is 11.1. The number of rotatable bonds is 9. The highest BCUT2D eigenvalue weighted by molar-refractivity contribution is 6.76. The normalized spacial score (nSPS) is 15.3. The zero-order chi connectivity index (χ0) is 13.5. The van der Waals surface area contributed by atoms with Crippen molar-refractivity contribution < 1.29 is 14.6 Å². The Morgan fingerprint density at radius 2 is 2.06 bits per heavy atom. The number of ether oxygens (including phenoxy) is 1. The lowest BCUT2D eigenvalue weighted by atomic mass is 9.92. The van der Waals surface area contributed by atoms with E-state index in [0.29, 0.717) is 19.6 Å². The molecule has 0 radical (unpaired) electrons. The molecule has 0 aromatic rings. The van der Waals surface area contributed by atoms with Crippen LogP contribution in [0.25, 0.3) is 0 Å². The Kier molecular flexibility index (Phi) is 7.39. The van der Waals surface area contributed by atoms with Crippen molar-refractivity contribution in [3.63, 3.8) is 0 Å². The predicted molar refractivity (Wildman–Crippen MR) is 74.1 cm³/mol. The molecule has 0 aliphatic carbocycles. The number of aliphatic carboxylic acids is 1. The van der Waals surface area contributed by atoms with Crippen LogP contribution < -0.4 is 0 Å². The Morgan fingerprint density at radius 3 is 2.47 bits per heavy atom. The second-order valence-electron chi connectivity index (χ2n) is 5.83. The molecule has 0 bridgehead atoms. The van der Waals surface area contributed by atoms with E-state index in [0.717, 1.165) is 6.04 Å². The molecule has 0 aliphatic heterocycles. The van der Waals surface area contributed by atoms with Crippen molar-refractivity contribution >= 4 is 14.0 Å². The van der Waals surface area contributed by atoms with E-state index >= 15 is 0 Å². The highest BCUT2D eigenvalue weighted by Gasteiger charge is 2.24. The summed E-state index contributed by atoms with van der Waals surface area (Å²) in [5.74, 6) is -1.11. The van der Waals surface area contributed by atoms with Gasteiger partial charge in [0.1, 0.15) is 0 Å². The van der Waals surface area contributed by atoms with E-state index in [4.69, 9.17) is 9.84 Å². The second-order valence-corrected chi connectivity index (χ2v) is 11.5. The molecule has 100 valence electrons. The number of carboxylic acids is 1. The topological polar surface area (TPSA) is 46.5 Å². The molecule has 17 heavy (non-hydrogen) atoms. The molecule has 0 aromatic carbocycles. The van der Waals surface area contributed by atoms with E-state index in [2.05, 4.69) is 26.2 Å². The number of allylic oxidation sites excluding steroid dienone is 1. The SMILES string of the molecule is C=CCC(C)C(COCC[Si](C)(C)C)C(=O)O. The molecule has 0 amide bonds. The third-order valence-corrected chi connectivity index (χ3v) is 4.54. The molecule has 0 saturated carbocycles. The van der Waals surface area contributed by atoms with E-state index in [-0.39, 0.29) is 5.92 Å². The first kappa shape index (κ1) is 16.4. The number of hydrogen-bond acceptors (Lipinski definition) is 2. The molecule has 0 saturated heterocycles. The summed E-state index contributed by atoms with van der Waals surface area (Å²) in [7, 11) is -1.09. The van der Waals surface area contributed by atoms with Crippen LogP contribution >= 0.6 is 0 Å². The second kappa shape index (κ2) is 7.66. The molecule has 0 aliphatic rings. The van der Waals surface area contributed by atoms with Gasteiger partial charge < -0.3 is 9.84 Å². The molecule has 1 N–H and O–H groups in total. The van der Waals surface area contributed by atoms with Crippen LogP contribution in [0.4, 0.5) is 0 Å². The largest absolute Gasteiger partial charge is 0.481 e. The monoisotopic (exact) mass is 258 g/mol. The van der Waals surface area contributed by atoms with E-state index < -0.39 is 20.0 Å². The zero-order valence-electron chi connectivity index (χ0n) is 11.5. The predicted octanol–water partition coefficient (Wildman–Crippen LogP) is 3.25. The number of hydrogen-bond donors (Lipinski definition) is 1. The van der Waals surface area contributed by atoms with Crippen molar-refractivity contribution in [2.45, 2.75) is 39.0 Å². The average Bonchev–Trinajstić information content (AvgIpc) is 2.15. The Balaban J connectivity index is 4.02. The van der Waals surface area contributed by atoms with Crippen molar-refractivity contribution in [3.05, 3.63) is 12.7 Å². The summed E-state index contributed by atoms with van der Waals surface area (Å²) in [5.41, 5.74) is 0. The Morgan fingerprint density at radius 1 is 1.47 bits per heavy atom. The van der Waals surface area contributed by atoms with Crippen LogP contribution in [0.3, 0.4) is 0 Å². The van der Waals surface area contributed by atoms with Gasteiger partial charge in [0.25, 0.3) is 0 Å². The first-order chi connectivity index (χ1) is 7.78. The number of carboxylic acid groups (broad SMARTS) is 1. The molecule has 0 fully saturated rings. The first-order valence-electron chi connectivity index (χ1n) is 6.19.